The summed E-state index contributed by atoms with van der Waals surface area (Å²) in [7, 11) is 0. The summed E-state index contributed by atoms with van der Waals surface area (Å²) in [5.41, 5.74) is 1.73. The summed E-state index contributed by atoms with van der Waals surface area (Å²) >= 11 is 0. The van der Waals surface area contributed by atoms with E-state index in [0.29, 0.717) is 28.2 Å². The van der Waals surface area contributed by atoms with Crippen molar-refractivity contribution in [2.24, 2.45) is 0 Å². The second-order valence-corrected chi connectivity index (χ2v) is 7.28. The average molecular weight is 383 g/mol. The Bertz CT molecular complexity index is 992. The van der Waals surface area contributed by atoms with Crippen LogP contribution in [-0.4, -0.2) is 38.8 Å². The van der Waals surface area contributed by atoms with E-state index in [0.717, 1.165) is 0 Å². The number of nitrogens with zero attached hydrogens (tertiary/aromatic N) is 2. The fourth-order valence-corrected chi connectivity index (χ4v) is 2.58. The number of hydrogen-bond acceptors (Lipinski definition) is 6. The first-order valence-electron chi connectivity index (χ1n) is 8.74. The lowest BCUT2D eigenvalue weighted by Gasteiger charge is -2.22. The molecule has 8 nitrogen and oxygen atoms in total. The molecule has 1 amide bonds. The van der Waals surface area contributed by atoms with Crippen LogP contribution in [0.15, 0.2) is 47.0 Å². The maximum atomic E-state index is 11.9. The topological polar surface area (TPSA) is 115 Å². The van der Waals surface area contributed by atoms with Crippen molar-refractivity contribution in [3.05, 3.63) is 48.2 Å². The summed E-state index contributed by atoms with van der Waals surface area (Å²) in [6.07, 6.45) is 0.950. The minimum absolute atomic E-state index is 0.0797. The Labute approximate surface area is 161 Å². The first kappa shape index (κ1) is 19.3. The molecule has 2 heterocycles. The largest absolute Gasteiger partial charge is 0.480 e. The Morgan fingerprint density at radius 3 is 2.68 bits per heavy atom. The van der Waals surface area contributed by atoms with Crippen molar-refractivity contribution in [1.82, 2.24) is 15.3 Å². The van der Waals surface area contributed by atoms with Gasteiger partial charge in [0, 0.05) is 12.6 Å². The number of fused-ring (bicyclic) bond motifs is 1. The molecule has 0 saturated heterocycles. The van der Waals surface area contributed by atoms with E-state index < -0.39 is 23.7 Å². The molecule has 2 aromatic heterocycles. The molecule has 0 aliphatic rings. The summed E-state index contributed by atoms with van der Waals surface area (Å²) < 4.78 is 10.8. The van der Waals surface area contributed by atoms with Gasteiger partial charge in [0.25, 0.3) is 0 Å². The van der Waals surface area contributed by atoms with Gasteiger partial charge in [-0.1, -0.05) is 12.1 Å². The van der Waals surface area contributed by atoms with Crippen molar-refractivity contribution in [1.29, 1.82) is 0 Å². The van der Waals surface area contributed by atoms with Gasteiger partial charge in [0.15, 0.2) is 5.58 Å². The van der Waals surface area contributed by atoms with E-state index in [-0.39, 0.29) is 6.42 Å². The molecule has 146 valence electrons. The van der Waals surface area contributed by atoms with Crippen LogP contribution in [0.4, 0.5) is 4.79 Å². The van der Waals surface area contributed by atoms with Crippen LogP contribution in [0.1, 0.15) is 26.3 Å². The number of carbonyl (C=O) groups is 2. The predicted octanol–water partition coefficient (Wildman–Crippen LogP) is 3.41. The van der Waals surface area contributed by atoms with Gasteiger partial charge in [0.05, 0.1) is 0 Å². The summed E-state index contributed by atoms with van der Waals surface area (Å²) in [6, 6.07) is 9.49. The number of carboxylic acids is 1. The van der Waals surface area contributed by atoms with E-state index in [2.05, 4.69) is 15.3 Å². The number of oxazole rings is 1. The predicted molar refractivity (Wildman–Crippen MR) is 102 cm³/mol. The number of hydrogen-bond donors (Lipinski definition) is 2. The second-order valence-electron chi connectivity index (χ2n) is 7.28. The van der Waals surface area contributed by atoms with Gasteiger partial charge >= 0.3 is 12.1 Å². The van der Waals surface area contributed by atoms with Crippen LogP contribution in [0.5, 0.6) is 0 Å². The number of rotatable bonds is 5. The number of pyridine rings is 1. The van der Waals surface area contributed by atoms with E-state index in [4.69, 9.17) is 9.15 Å². The van der Waals surface area contributed by atoms with E-state index in [1.54, 1.807) is 57.3 Å². The monoisotopic (exact) mass is 383 g/mol. The number of aliphatic carboxylic acids is 1. The number of carboxylic acid groups (broad SMARTS) is 1. The molecule has 3 rings (SSSR count). The molecule has 1 atom stereocenters. The third-order valence-corrected chi connectivity index (χ3v) is 3.76. The zero-order chi connectivity index (χ0) is 20.3. The number of nitrogens with one attached hydrogen (secondary N) is 1. The molecule has 8 heteroatoms. The zero-order valence-corrected chi connectivity index (χ0v) is 15.8. The van der Waals surface area contributed by atoms with Crippen LogP contribution in [0.3, 0.4) is 0 Å². The number of benzene rings is 1. The summed E-state index contributed by atoms with van der Waals surface area (Å²) in [5.74, 6) is -0.769. The van der Waals surface area contributed by atoms with Gasteiger partial charge in [-0.15, -0.1) is 0 Å². The van der Waals surface area contributed by atoms with Gasteiger partial charge in [-0.05, 0) is 50.6 Å². The lowest BCUT2D eigenvalue weighted by atomic mass is 10.1. The average Bonchev–Trinajstić information content (AvgIpc) is 3.03. The van der Waals surface area contributed by atoms with Crippen LogP contribution in [0, 0.1) is 0 Å². The molecular formula is C20H21N3O5. The maximum Gasteiger partial charge on any atom is 0.408 e. The minimum Gasteiger partial charge on any atom is -0.480 e. The molecule has 28 heavy (non-hydrogen) atoms. The fourth-order valence-electron chi connectivity index (χ4n) is 2.58. The number of alkyl carbamates (subject to hydrolysis) is 1. The number of ether oxygens (including phenoxy) is 1. The second kappa shape index (κ2) is 7.67. The van der Waals surface area contributed by atoms with Crippen LogP contribution >= 0.6 is 0 Å². The van der Waals surface area contributed by atoms with Gasteiger partial charge < -0.3 is 19.6 Å². The smallest absolute Gasteiger partial charge is 0.408 e. The van der Waals surface area contributed by atoms with Gasteiger partial charge in [-0.2, -0.15) is 0 Å². The van der Waals surface area contributed by atoms with Crippen LogP contribution in [0.2, 0.25) is 0 Å². The van der Waals surface area contributed by atoms with Crippen molar-refractivity contribution in [3.8, 4) is 11.6 Å². The standard InChI is InChI=1S/C20H21N3O5/c1-20(2,3)28-19(26)23-15(18(24)25)11-12-7-8-16-14(10-12)22-17(27-16)13-6-4-5-9-21-13/h4-10,15H,11H2,1-3H3,(H,23,26)(H,24,25). The molecule has 2 N–H and O–H groups in total. The normalized spacial score (nSPS) is 12.5. The SMILES string of the molecule is CC(C)(C)OC(=O)NC(Cc1ccc2oc(-c3ccccn3)nc2c1)C(=O)O. The van der Waals surface area contributed by atoms with Gasteiger partial charge in [-0.25, -0.2) is 14.6 Å². The lowest BCUT2D eigenvalue weighted by molar-refractivity contribution is -0.139. The number of carbonyl (C=O) groups excluding carboxylic acids is 1. The first-order chi connectivity index (χ1) is 13.2. The summed E-state index contributed by atoms with van der Waals surface area (Å²) in [5, 5.41) is 11.8. The zero-order valence-electron chi connectivity index (χ0n) is 15.8. The Balaban J connectivity index is 1.78. The molecule has 0 aliphatic heterocycles. The molecule has 1 aromatic carbocycles. The molecule has 3 aromatic rings. The maximum absolute atomic E-state index is 11.9. The van der Waals surface area contributed by atoms with Crippen molar-refractivity contribution in [2.75, 3.05) is 0 Å². The fraction of sp³-hybridized carbons (Fsp3) is 0.300. The van der Waals surface area contributed by atoms with E-state index in [1.165, 1.54) is 0 Å². The molecule has 0 bridgehead atoms. The van der Waals surface area contributed by atoms with Crippen LogP contribution in [-0.2, 0) is 16.0 Å². The van der Waals surface area contributed by atoms with Crippen molar-refractivity contribution in [2.45, 2.75) is 38.8 Å². The van der Waals surface area contributed by atoms with Crippen molar-refractivity contribution >= 4 is 23.2 Å². The van der Waals surface area contributed by atoms with Crippen molar-refractivity contribution < 1.29 is 23.8 Å². The van der Waals surface area contributed by atoms with Gasteiger partial charge in [-0.3, -0.25) is 4.98 Å². The molecule has 0 spiro atoms. The molecule has 0 fully saturated rings. The molecule has 0 aliphatic carbocycles. The van der Waals surface area contributed by atoms with Crippen molar-refractivity contribution in [3.63, 3.8) is 0 Å². The Kier molecular flexibility index (Phi) is 5.30. The highest BCUT2D eigenvalue weighted by molar-refractivity contribution is 5.81. The molecule has 0 radical (unpaired) electrons. The molecule has 0 saturated carbocycles. The highest BCUT2D eigenvalue weighted by atomic mass is 16.6. The minimum atomic E-state index is -1.15. The molecule has 1 unspecified atom stereocenters. The lowest BCUT2D eigenvalue weighted by Crippen LogP contribution is -2.44. The number of aromatic nitrogens is 2. The summed E-state index contributed by atoms with van der Waals surface area (Å²) in [4.78, 5) is 32.1. The van der Waals surface area contributed by atoms with Gasteiger partial charge in [0.2, 0.25) is 5.89 Å². The first-order valence-corrected chi connectivity index (χ1v) is 8.74. The third kappa shape index (κ3) is 4.85. The van der Waals surface area contributed by atoms with E-state index in [1.807, 2.05) is 6.07 Å². The number of amides is 1. The van der Waals surface area contributed by atoms with Gasteiger partial charge in [0.1, 0.15) is 22.9 Å². The Morgan fingerprint density at radius 2 is 2.04 bits per heavy atom. The molecular weight excluding hydrogens is 362 g/mol. The Morgan fingerprint density at radius 1 is 1.25 bits per heavy atom. The quantitative estimate of drug-likeness (QED) is 0.694. The van der Waals surface area contributed by atoms with E-state index >= 15 is 0 Å². The summed E-state index contributed by atoms with van der Waals surface area (Å²) in [6.45, 7) is 5.13. The Hall–Kier alpha value is -3.42. The van der Waals surface area contributed by atoms with Crippen LogP contribution in [0.25, 0.3) is 22.7 Å². The highest BCUT2D eigenvalue weighted by Crippen LogP contribution is 2.24. The van der Waals surface area contributed by atoms with E-state index in [9.17, 15) is 14.7 Å². The van der Waals surface area contributed by atoms with Crippen LogP contribution < -0.4 is 5.32 Å². The third-order valence-electron chi connectivity index (χ3n) is 3.76. The highest BCUT2D eigenvalue weighted by Gasteiger charge is 2.24.